The summed E-state index contributed by atoms with van der Waals surface area (Å²) in [6, 6.07) is 4.87. The Morgan fingerprint density at radius 1 is 1.67 bits per heavy atom. The lowest BCUT2D eigenvalue weighted by atomic mass is 10.1. The van der Waals surface area contributed by atoms with Gasteiger partial charge in [-0.25, -0.2) is 0 Å². The van der Waals surface area contributed by atoms with E-state index in [4.69, 9.17) is 4.42 Å². The first-order valence-corrected chi connectivity index (χ1v) is 4.36. The van der Waals surface area contributed by atoms with Gasteiger partial charge in [-0.1, -0.05) is 0 Å². The fraction of sp³-hybridized carbons (Fsp3) is 0.556. The molecule has 3 heteroatoms. The third kappa shape index (κ3) is 1.52. The van der Waals surface area contributed by atoms with Gasteiger partial charge < -0.3 is 15.1 Å². The van der Waals surface area contributed by atoms with Gasteiger partial charge in [0.05, 0.1) is 12.3 Å². The number of nitrogens with one attached hydrogen (secondary N) is 2. The van der Waals surface area contributed by atoms with Crippen molar-refractivity contribution in [2.45, 2.75) is 19.0 Å². The molecule has 12 heavy (non-hydrogen) atoms. The molecule has 0 radical (unpaired) electrons. The summed E-state index contributed by atoms with van der Waals surface area (Å²) in [7, 11) is 0. The zero-order valence-corrected chi connectivity index (χ0v) is 7.21. The van der Waals surface area contributed by atoms with Gasteiger partial charge in [-0.05, 0) is 19.1 Å². The van der Waals surface area contributed by atoms with Crippen LogP contribution in [0, 0.1) is 0 Å². The average Bonchev–Trinajstić information content (AvgIpc) is 2.47. The molecule has 1 aliphatic heterocycles. The molecule has 1 aliphatic rings. The summed E-state index contributed by atoms with van der Waals surface area (Å²) in [5.41, 5.74) is 0. The molecule has 0 aliphatic carbocycles. The minimum Gasteiger partial charge on any atom is -0.468 e. The predicted octanol–water partition coefficient (Wildman–Crippen LogP) is 0.902. The highest BCUT2D eigenvalue weighted by molar-refractivity contribution is 5.04. The summed E-state index contributed by atoms with van der Waals surface area (Å²) in [4.78, 5) is 0. The maximum atomic E-state index is 5.28. The first-order chi connectivity index (χ1) is 5.86. The van der Waals surface area contributed by atoms with E-state index < -0.39 is 0 Å². The predicted molar refractivity (Wildman–Crippen MR) is 46.9 cm³/mol. The van der Waals surface area contributed by atoms with Crippen molar-refractivity contribution >= 4 is 0 Å². The Morgan fingerprint density at radius 3 is 3.00 bits per heavy atom. The van der Waals surface area contributed by atoms with E-state index in [-0.39, 0.29) is 0 Å². The molecule has 2 heterocycles. The van der Waals surface area contributed by atoms with E-state index in [9.17, 15) is 0 Å². The zero-order valence-electron chi connectivity index (χ0n) is 7.21. The maximum Gasteiger partial charge on any atom is 0.120 e. The molecule has 1 fully saturated rings. The van der Waals surface area contributed by atoms with Crippen molar-refractivity contribution in [3.8, 4) is 0 Å². The molecule has 0 amide bonds. The summed E-state index contributed by atoms with van der Waals surface area (Å²) >= 11 is 0. The second kappa shape index (κ2) is 3.29. The highest BCUT2D eigenvalue weighted by Crippen LogP contribution is 2.13. The van der Waals surface area contributed by atoms with Crippen LogP contribution in [0.2, 0.25) is 0 Å². The standard InChI is InChI=1S/C9H14N2O/c1-7(9-3-2-4-12-9)11-8-5-10-6-8/h2-4,7-8,10-11H,5-6H2,1H3. The van der Waals surface area contributed by atoms with Gasteiger partial charge in [-0.3, -0.25) is 0 Å². The van der Waals surface area contributed by atoms with Crippen LogP contribution in [-0.4, -0.2) is 19.1 Å². The van der Waals surface area contributed by atoms with Crippen molar-refractivity contribution in [1.29, 1.82) is 0 Å². The quantitative estimate of drug-likeness (QED) is 0.700. The Kier molecular flexibility index (Phi) is 2.15. The third-order valence-electron chi connectivity index (χ3n) is 2.24. The van der Waals surface area contributed by atoms with Crippen LogP contribution in [-0.2, 0) is 0 Å². The van der Waals surface area contributed by atoms with Crippen molar-refractivity contribution in [2.75, 3.05) is 13.1 Å². The molecule has 1 aromatic heterocycles. The first kappa shape index (κ1) is 7.83. The van der Waals surface area contributed by atoms with E-state index in [2.05, 4.69) is 17.6 Å². The Morgan fingerprint density at radius 2 is 2.50 bits per heavy atom. The first-order valence-electron chi connectivity index (χ1n) is 4.36. The van der Waals surface area contributed by atoms with Gasteiger partial charge in [-0.2, -0.15) is 0 Å². The van der Waals surface area contributed by atoms with Crippen LogP contribution in [0.15, 0.2) is 22.8 Å². The highest BCUT2D eigenvalue weighted by Gasteiger charge is 2.19. The average molecular weight is 166 g/mol. The van der Waals surface area contributed by atoms with Gasteiger partial charge in [0.25, 0.3) is 0 Å². The van der Waals surface area contributed by atoms with Gasteiger partial charge in [0.1, 0.15) is 5.76 Å². The Hall–Kier alpha value is -0.800. The highest BCUT2D eigenvalue weighted by atomic mass is 16.3. The van der Waals surface area contributed by atoms with E-state index in [0.717, 1.165) is 18.8 Å². The Labute approximate surface area is 72.1 Å². The maximum absolute atomic E-state index is 5.28. The summed E-state index contributed by atoms with van der Waals surface area (Å²) in [6.07, 6.45) is 1.71. The van der Waals surface area contributed by atoms with E-state index in [0.29, 0.717) is 12.1 Å². The second-order valence-electron chi connectivity index (χ2n) is 3.26. The van der Waals surface area contributed by atoms with Crippen LogP contribution >= 0.6 is 0 Å². The third-order valence-corrected chi connectivity index (χ3v) is 2.24. The van der Waals surface area contributed by atoms with Crippen molar-refractivity contribution in [1.82, 2.24) is 10.6 Å². The molecule has 2 rings (SSSR count). The molecule has 0 saturated carbocycles. The van der Waals surface area contributed by atoms with Gasteiger partial charge in [0.15, 0.2) is 0 Å². The van der Waals surface area contributed by atoms with E-state index in [1.54, 1.807) is 6.26 Å². The summed E-state index contributed by atoms with van der Waals surface area (Å²) in [5.74, 6) is 1.02. The SMILES string of the molecule is CC(NC1CNC1)c1ccco1. The molecule has 1 aromatic rings. The van der Waals surface area contributed by atoms with Gasteiger partial charge in [0.2, 0.25) is 0 Å². The monoisotopic (exact) mass is 166 g/mol. The van der Waals surface area contributed by atoms with Crippen molar-refractivity contribution in [3.63, 3.8) is 0 Å². The molecule has 0 bridgehead atoms. The molecule has 2 N–H and O–H groups in total. The number of rotatable bonds is 3. The number of furan rings is 1. The topological polar surface area (TPSA) is 37.2 Å². The molecule has 1 unspecified atom stereocenters. The lowest BCUT2D eigenvalue weighted by molar-refractivity contribution is 0.315. The largest absolute Gasteiger partial charge is 0.468 e. The van der Waals surface area contributed by atoms with Crippen molar-refractivity contribution in [2.24, 2.45) is 0 Å². The Bertz CT molecular complexity index is 229. The molecular formula is C9H14N2O. The van der Waals surface area contributed by atoms with Crippen LogP contribution < -0.4 is 10.6 Å². The van der Waals surface area contributed by atoms with Crippen LogP contribution in [0.4, 0.5) is 0 Å². The Balaban J connectivity index is 1.87. The lowest BCUT2D eigenvalue weighted by Gasteiger charge is -2.30. The number of hydrogen-bond acceptors (Lipinski definition) is 3. The van der Waals surface area contributed by atoms with Gasteiger partial charge in [0, 0.05) is 19.1 Å². The van der Waals surface area contributed by atoms with Crippen LogP contribution in [0.25, 0.3) is 0 Å². The fourth-order valence-electron chi connectivity index (χ4n) is 1.38. The van der Waals surface area contributed by atoms with Gasteiger partial charge >= 0.3 is 0 Å². The molecule has 3 nitrogen and oxygen atoms in total. The van der Waals surface area contributed by atoms with Crippen LogP contribution in [0.3, 0.4) is 0 Å². The molecule has 0 aromatic carbocycles. The normalized spacial score (nSPS) is 20.4. The molecule has 0 spiro atoms. The summed E-state index contributed by atoms with van der Waals surface area (Å²) < 4.78 is 5.28. The minimum absolute atomic E-state index is 0.326. The van der Waals surface area contributed by atoms with Gasteiger partial charge in [-0.15, -0.1) is 0 Å². The van der Waals surface area contributed by atoms with Crippen molar-refractivity contribution < 1.29 is 4.42 Å². The van der Waals surface area contributed by atoms with Crippen LogP contribution in [0.1, 0.15) is 18.7 Å². The molecule has 1 saturated heterocycles. The molecular weight excluding hydrogens is 152 g/mol. The van der Waals surface area contributed by atoms with Crippen LogP contribution in [0.5, 0.6) is 0 Å². The fourth-order valence-corrected chi connectivity index (χ4v) is 1.38. The number of hydrogen-bond donors (Lipinski definition) is 2. The zero-order chi connectivity index (χ0) is 8.39. The summed E-state index contributed by atoms with van der Waals surface area (Å²) in [5, 5.41) is 6.68. The van der Waals surface area contributed by atoms with E-state index in [1.807, 2.05) is 12.1 Å². The molecule has 1 atom stereocenters. The smallest absolute Gasteiger partial charge is 0.120 e. The van der Waals surface area contributed by atoms with Crippen molar-refractivity contribution in [3.05, 3.63) is 24.2 Å². The lowest BCUT2D eigenvalue weighted by Crippen LogP contribution is -2.55. The minimum atomic E-state index is 0.326. The summed E-state index contributed by atoms with van der Waals surface area (Å²) in [6.45, 7) is 4.27. The second-order valence-corrected chi connectivity index (χ2v) is 3.26. The molecule has 66 valence electrons. The van der Waals surface area contributed by atoms with E-state index in [1.165, 1.54) is 0 Å². The van der Waals surface area contributed by atoms with E-state index >= 15 is 0 Å².